The van der Waals surface area contributed by atoms with Crippen LogP contribution in [-0.2, 0) is 4.79 Å². The number of thioether (sulfide) groups is 1. The SMILES string of the molecule is CC[C@H](C)[C@H](NC(=O)c1c(SC)nc(=O)[nH]c1C)C(=O)O. The zero-order valence-electron chi connectivity index (χ0n) is 12.4. The van der Waals surface area contributed by atoms with Gasteiger partial charge < -0.3 is 15.4 Å². The van der Waals surface area contributed by atoms with E-state index in [0.29, 0.717) is 12.1 Å². The van der Waals surface area contributed by atoms with Gasteiger partial charge in [0.2, 0.25) is 0 Å². The van der Waals surface area contributed by atoms with Crippen molar-refractivity contribution in [3.05, 3.63) is 21.7 Å². The number of hydrogen-bond acceptors (Lipinski definition) is 5. The van der Waals surface area contributed by atoms with Crippen LogP contribution in [0.4, 0.5) is 0 Å². The number of aromatic nitrogens is 2. The molecule has 0 bridgehead atoms. The summed E-state index contributed by atoms with van der Waals surface area (Å²) in [6.07, 6.45) is 2.32. The molecule has 1 aromatic heterocycles. The van der Waals surface area contributed by atoms with Gasteiger partial charge in [-0.2, -0.15) is 4.98 Å². The van der Waals surface area contributed by atoms with Crippen LogP contribution >= 0.6 is 11.8 Å². The minimum Gasteiger partial charge on any atom is -0.480 e. The lowest BCUT2D eigenvalue weighted by atomic mass is 9.99. The Morgan fingerprint density at radius 3 is 2.57 bits per heavy atom. The van der Waals surface area contributed by atoms with Crippen LogP contribution < -0.4 is 11.0 Å². The van der Waals surface area contributed by atoms with Gasteiger partial charge in [0.1, 0.15) is 11.1 Å². The fourth-order valence-corrected chi connectivity index (χ4v) is 2.50. The molecule has 7 nitrogen and oxygen atoms in total. The fourth-order valence-electron chi connectivity index (χ4n) is 1.87. The summed E-state index contributed by atoms with van der Waals surface area (Å²) in [6.45, 7) is 5.19. The maximum absolute atomic E-state index is 12.3. The van der Waals surface area contributed by atoms with Crippen molar-refractivity contribution in [3.63, 3.8) is 0 Å². The normalized spacial score (nSPS) is 13.5. The van der Waals surface area contributed by atoms with Crippen molar-refractivity contribution in [2.75, 3.05) is 6.26 Å². The van der Waals surface area contributed by atoms with Crippen molar-refractivity contribution in [1.82, 2.24) is 15.3 Å². The second-order valence-electron chi connectivity index (χ2n) is 4.73. The summed E-state index contributed by atoms with van der Waals surface area (Å²) in [6, 6.07) is -0.983. The van der Waals surface area contributed by atoms with Crippen LogP contribution in [0.1, 0.15) is 36.3 Å². The number of nitrogens with one attached hydrogen (secondary N) is 2. The molecule has 2 atom stereocenters. The van der Waals surface area contributed by atoms with Gasteiger partial charge in [-0.15, -0.1) is 11.8 Å². The van der Waals surface area contributed by atoms with E-state index in [4.69, 9.17) is 0 Å². The number of carboxylic acid groups (broad SMARTS) is 1. The molecule has 1 amide bonds. The van der Waals surface area contributed by atoms with Crippen molar-refractivity contribution < 1.29 is 14.7 Å². The Hall–Kier alpha value is -1.83. The summed E-state index contributed by atoms with van der Waals surface area (Å²) in [5.41, 5.74) is 0.0342. The highest BCUT2D eigenvalue weighted by atomic mass is 32.2. The molecule has 0 unspecified atom stereocenters. The van der Waals surface area contributed by atoms with Crippen LogP contribution in [0.3, 0.4) is 0 Å². The predicted molar refractivity (Wildman–Crippen MR) is 79.7 cm³/mol. The highest BCUT2D eigenvalue weighted by molar-refractivity contribution is 7.98. The minimum absolute atomic E-state index is 0.205. The Labute approximate surface area is 126 Å². The van der Waals surface area contributed by atoms with E-state index in [1.165, 1.54) is 0 Å². The highest BCUT2D eigenvalue weighted by Gasteiger charge is 2.27. The van der Waals surface area contributed by atoms with Gasteiger partial charge in [0.05, 0.1) is 5.56 Å². The zero-order chi connectivity index (χ0) is 16.2. The third kappa shape index (κ3) is 4.07. The summed E-state index contributed by atoms with van der Waals surface area (Å²) < 4.78 is 0. The first-order valence-corrected chi connectivity index (χ1v) is 7.72. The largest absolute Gasteiger partial charge is 0.480 e. The van der Waals surface area contributed by atoms with Gasteiger partial charge in [-0.05, 0) is 19.1 Å². The highest BCUT2D eigenvalue weighted by Crippen LogP contribution is 2.19. The number of hydrogen-bond donors (Lipinski definition) is 3. The van der Waals surface area contributed by atoms with Crippen LogP contribution in [0.2, 0.25) is 0 Å². The lowest BCUT2D eigenvalue weighted by Gasteiger charge is -2.21. The second kappa shape index (κ2) is 7.26. The van der Waals surface area contributed by atoms with Gasteiger partial charge in [0.25, 0.3) is 5.91 Å². The molecule has 8 heteroatoms. The molecule has 0 aromatic carbocycles. The zero-order valence-corrected chi connectivity index (χ0v) is 13.2. The summed E-state index contributed by atoms with van der Waals surface area (Å²) >= 11 is 1.16. The van der Waals surface area contributed by atoms with Gasteiger partial charge >= 0.3 is 11.7 Å². The monoisotopic (exact) mass is 313 g/mol. The topological polar surface area (TPSA) is 112 Å². The average molecular weight is 313 g/mol. The molecule has 0 spiro atoms. The molecular formula is C13H19N3O4S. The van der Waals surface area contributed by atoms with E-state index in [0.717, 1.165) is 11.8 Å². The van der Waals surface area contributed by atoms with Crippen molar-refractivity contribution >= 4 is 23.6 Å². The molecule has 3 N–H and O–H groups in total. The van der Waals surface area contributed by atoms with Crippen LogP contribution in [0.25, 0.3) is 0 Å². The maximum Gasteiger partial charge on any atom is 0.346 e. The quantitative estimate of drug-likeness (QED) is 0.534. The van der Waals surface area contributed by atoms with E-state index in [9.17, 15) is 19.5 Å². The van der Waals surface area contributed by atoms with E-state index in [1.807, 2.05) is 6.92 Å². The average Bonchev–Trinajstić information content (AvgIpc) is 2.42. The van der Waals surface area contributed by atoms with Gasteiger partial charge in [0, 0.05) is 5.69 Å². The third-order valence-electron chi connectivity index (χ3n) is 3.27. The molecule has 0 fully saturated rings. The standard InChI is InChI=1S/C13H19N3O4S/c1-5-6(2)9(12(18)19)15-10(17)8-7(3)14-13(20)16-11(8)21-4/h6,9H,5H2,1-4H3,(H,15,17)(H,18,19)(H,14,16,20)/t6-,9-/m0/s1. The number of rotatable bonds is 6. The fraction of sp³-hybridized carbons (Fsp3) is 0.538. The Kier molecular flexibility index (Phi) is 5.95. The third-order valence-corrected chi connectivity index (χ3v) is 3.95. The molecular weight excluding hydrogens is 294 g/mol. The summed E-state index contributed by atoms with van der Waals surface area (Å²) in [5, 5.41) is 12.0. The van der Waals surface area contributed by atoms with Gasteiger partial charge in [-0.25, -0.2) is 9.59 Å². The first-order valence-electron chi connectivity index (χ1n) is 6.50. The molecule has 0 aliphatic heterocycles. The Morgan fingerprint density at radius 2 is 2.10 bits per heavy atom. The van der Waals surface area contributed by atoms with E-state index in [-0.39, 0.29) is 16.5 Å². The van der Waals surface area contributed by atoms with Crippen LogP contribution in [0.15, 0.2) is 9.82 Å². The number of carboxylic acids is 1. The molecule has 1 rings (SSSR count). The summed E-state index contributed by atoms with van der Waals surface area (Å²) in [5.74, 6) is -1.84. The number of aromatic amines is 1. The van der Waals surface area contributed by atoms with Gasteiger partial charge in [-0.1, -0.05) is 20.3 Å². The molecule has 0 aliphatic carbocycles. The number of aliphatic carboxylic acids is 1. The number of carbonyl (C=O) groups excluding carboxylic acids is 1. The van der Waals surface area contributed by atoms with E-state index in [1.54, 1.807) is 20.1 Å². The number of aryl methyl sites for hydroxylation is 1. The molecule has 0 saturated carbocycles. The molecule has 1 heterocycles. The number of nitrogens with zero attached hydrogens (tertiary/aromatic N) is 1. The minimum atomic E-state index is -1.08. The van der Waals surface area contributed by atoms with E-state index < -0.39 is 23.6 Å². The van der Waals surface area contributed by atoms with Crippen LogP contribution in [0, 0.1) is 12.8 Å². The van der Waals surface area contributed by atoms with Gasteiger partial charge in [0.15, 0.2) is 0 Å². The Bertz CT molecular complexity index is 600. The molecule has 1 aromatic rings. The number of H-pyrrole nitrogens is 1. The Morgan fingerprint density at radius 1 is 1.48 bits per heavy atom. The van der Waals surface area contributed by atoms with Gasteiger partial charge in [-0.3, -0.25) is 4.79 Å². The maximum atomic E-state index is 12.3. The molecule has 0 aliphatic rings. The first kappa shape index (κ1) is 17.2. The summed E-state index contributed by atoms with van der Waals surface area (Å²) in [7, 11) is 0. The molecule has 0 radical (unpaired) electrons. The lowest BCUT2D eigenvalue weighted by molar-refractivity contribution is -0.140. The number of carbonyl (C=O) groups is 2. The molecule has 0 saturated heterocycles. The number of amides is 1. The smallest absolute Gasteiger partial charge is 0.346 e. The summed E-state index contributed by atoms with van der Waals surface area (Å²) in [4.78, 5) is 41.1. The van der Waals surface area contributed by atoms with Crippen molar-refractivity contribution in [1.29, 1.82) is 0 Å². The molecule has 21 heavy (non-hydrogen) atoms. The Balaban J connectivity index is 3.14. The van der Waals surface area contributed by atoms with Crippen molar-refractivity contribution in [2.24, 2.45) is 5.92 Å². The van der Waals surface area contributed by atoms with Crippen LogP contribution in [0.5, 0.6) is 0 Å². The predicted octanol–water partition coefficient (Wildman–Crippen LogP) is 1.03. The second-order valence-corrected chi connectivity index (χ2v) is 5.52. The lowest BCUT2D eigenvalue weighted by Crippen LogP contribution is -2.45. The van der Waals surface area contributed by atoms with Crippen molar-refractivity contribution in [3.8, 4) is 0 Å². The van der Waals surface area contributed by atoms with Crippen LogP contribution in [-0.4, -0.2) is 39.2 Å². The first-order chi connectivity index (χ1) is 9.81. The van der Waals surface area contributed by atoms with Crippen molar-refractivity contribution in [2.45, 2.75) is 38.3 Å². The van der Waals surface area contributed by atoms with E-state index in [2.05, 4.69) is 15.3 Å². The van der Waals surface area contributed by atoms with E-state index >= 15 is 0 Å². The molecule has 116 valence electrons.